The molecule has 5 heteroatoms. The first-order valence-electron chi connectivity index (χ1n) is 11.3. The van der Waals surface area contributed by atoms with Gasteiger partial charge in [0.25, 0.3) is 0 Å². The van der Waals surface area contributed by atoms with E-state index in [9.17, 15) is 10.2 Å². The SMILES string of the molecule is C[C@@]1(O)[C@H]2CC[C@@]3([C@H]4C[C@@H]5[C@@]6(C)CCC[C@@]5(C(O4)N4CCO[C@H]46)[C@@H]3C2)[C@H]1O. The minimum atomic E-state index is -0.960. The highest BCUT2D eigenvalue weighted by atomic mass is 16.6. The molecule has 0 amide bonds. The summed E-state index contributed by atoms with van der Waals surface area (Å²) in [6.07, 6.45) is 7.73. The summed E-state index contributed by atoms with van der Waals surface area (Å²) in [6, 6.07) is 0. The van der Waals surface area contributed by atoms with Crippen LogP contribution in [0, 0.1) is 34.0 Å². The third kappa shape index (κ3) is 1.47. The summed E-state index contributed by atoms with van der Waals surface area (Å²) in [7, 11) is 0. The summed E-state index contributed by atoms with van der Waals surface area (Å²) in [5.74, 6) is 1.35. The molecular weight excluding hydrogens is 342 g/mol. The van der Waals surface area contributed by atoms with E-state index >= 15 is 0 Å². The topological polar surface area (TPSA) is 62.2 Å². The quantitative estimate of drug-likeness (QED) is 0.679. The molecule has 4 saturated heterocycles. The van der Waals surface area contributed by atoms with Crippen LogP contribution in [0.15, 0.2) is 0 Å². The van der Waals surface area contributed by atoms with Crippen LogP contribution >= 0.6 is 0 Å². The van der Waals surface area contributed by atoms with Crippen LogP contribution < -0.4 is 0 Å². The van der Waals surface area contributed by atoms with E-state index in [1.165, 1.54) is 19.3 Å². The highest BCUT2D eigenvalue weighted by Gasteiger charge is 2.82. The maximum atomic E-state index is 11.5. The number of aliphatic hydroxyl groups excluding tert-OH is 1. The molecule has 1 unspecified atom stereocenters. The monoisotopic (exact) mass is 375 g/mol. The molecule has 9 rings (SSSR count). The third-order valence-corrected chi connectivity index (χ3v) is 11.0. The Balaban J connectivity index is 1.44. The van der Waals surface area contributed by atoms with Crippen LogP contribution in [0.5, 0.6) is 0 Å². The minimum absolute atomic E-state index is 0.0843. The van der Waals surface area contributed by atoms with Crippen molar-refractivity contribution >= 4 is 0 Å². The number of nitrogens with zero attached hydrogens (tertiary/aromatic N) is 1. The summed E-state index contributed by atoms with van der Waals surface area (Å²) >= 11 is 0. The van der Waals surface area contributed by atoms with Crippen LogP contribution in [0.4, 0.5) is 0 Å². The van der Waals surface area contributed by atoms with Crippen molar-refractivity contribution in [2.24, 2.45) is 34.0 Å². The summed E-state index contributed by atoms with van der Waals surface area (Å²) in [5.41, 5.74) is -0.851. The molecule has 0 aromatic rings. The van der Waals surface area contributed by atoms with Gasteiger partial charge in [-0.05, 0) is 63.2 Å². The average Bonchev–Trinajstić information content (AvgIpc) is 3.14. The Labute approximate surface area is 161 Å². The lowest BCUT2D eigenvalue weighted by Gasteiger charge is -2.81. The molecule has 2 N–H and O–H groups in total. The zero-order chi connectivity index (χ0) is 18.4. The lowest BCUT2D eigenvalue weighted by atomic mass is 9.31. The summed E-state index contributed by atoms with van der Waals surface area (Å²) in [4.78, 5) is 2.56. The van der Waals surface area contributed by atoms with Crippen molar-refractivity contribution in [3.05, 3.63) is 0 Å². The van der Waals surface area contributed by atoms with E-state index in [2.05, 4.69) is 11.8 Å². The van der Waals surface area contributed by atoms with E-state index in [0.29, 0.717) is 11.8 Å². The molecule has 7 bridgehead atoms. The van der Waals surface area contributed by atoms with Gasteiger partial charge in [0.05, 0.1) is 24.4 Å². The fraction of sp³-hybridized carbons (Fsp3) is 1.00. The molecule has 5 saturated carbocycles. The van der Waals surface area contributed by atoms with E-state index in [1.54, 1.807) is 0 Å². The van der Waals surface area contributed by atoms with Crippen LogP contribution in [0.2, 0.25) is 0 Å². The zero-order valence-corrected chi connectivity index (χ0v) is 16.6. The molecule has 11 atom stereocenters. The number of piperidine rings is 1. The Kier molecular flexibility index (Phi) is 2.82. The molecule has 9 aliphatic rings. The van der Waals surface area contributed by atoms with Gasteiger partial charge in [0, 0.05) is 22.8 Å². The van der Waals surface area contributed by atoms with Gasteiger partial charge in [0.2, 0.25) is 0 Å². The molecular formula is C22H33NO4. The Bertz CT molecular complexity index is 712. The summed E-state index contributed by atoms with van der Waals surface area (Å²) in [5, 5.41) is 22.7. The maximum absolute atomic E-state index is 11.5. The first kappa shape index (κ1) is 16.6. The van der Waals surface area contributed by atoms with Crippen molar-refractivity contribution in [1.29, 1.82) is 0 Å². The highest BCUT2D eigenvalue weighted by Crippen LogP contribution is 2.79. The zero-order valence-electron chi connectivity index (χ0n) is 16.6. The number of ether oxygens (including phenoxy) is 2. The second kappa shape index (κ2) is 4.59. The fourth-order valence-corrected chi connectivity index (χ4v) is 10.1. The first-order valence-corrected chi connectivity index (χ1v) is 11.3. The number of rotatable bonds is 0. The molecule has 0 aromatic carbocycles. The Morgan fingerprint density at radius 2 is 1.85 bits per heavy atom. The second-order valence-electron chi connectivity index (χ2n) is 11.5. The van der Waals surface area contributed by atoms with Crippen LogP contribution in [0.25, 0.3) is 0 Å². The predicted molar refractivity (Wildman–Crippen MR) is 97.5 cm³/mol. The van der Waals surface area contributed by atoms with E-state index in [1.807, 2.05) is 6.92 Å². The third-order valence-electron chi connectivity index (χ3n) is 11.0. The van der Waals surface area contributed by atoms with Crippen molar-refractivity contribution in [1.82, 2.24) is 4.90 Å². The van der Waals surface area contributed by atoms with E-state index in [-0.39, 0.29) is 40.7 Å². The van der Waals surface area contributed by atoms with Crippen molar-refractivity contribution in [2.45, 2.75) is 89.1 Å². The molecule has 5 nitrogen and oxygen atoms in total. The van der Waals surface area contributed by atoms with E-state index in [4.69, 9.17) is 9.47 Å². The molecule has 9 fully saturated rings. The van der Waals surface area contributed by atoms with Crippen LogP contribution in [-0.4, -0.2) is 58.5 Å². The van der Waals surface area contributed by atoms with Crippen molar-refractivity contribution in [3.8, 4) is 0 Å². The molecule has 0 aromatic heterocycles. The minimum Gasteiger partial charge on any atom is -0.389 e. The molecule has 5 aliphatic carbocycles. The fourth-order valence-electron chi connectivity index (χ4n) is 10.1. The Hall–Kier alpha value is -0.200. The smallest absolute Gasteiger partial charge is 0.119 e. The van der Waals surface area contributed by atoms with Crippen LogP contribution in [0.3, 0.4) is 0 Å². The molecule has 27 heavy (non-hydrogen) atoms. The van der Waals surface area contributed by atoms with Crippen molar-refractivity contribution in [3.63, 3.8) is 0 Å². The molecule has 4 heterocycles. The van der Waals surface area contributed by atoms with Crippen molar-refractivity contribution in [2.75, 3.05) is 13.2 Å². The second-order valence-corrected chi connectivity index (χ2v) is 11.5. The van der Waals surface area contributed by atoms with Gasteiger partial charge in [-0.15, -0.1) is 0 Å². The molecule has 2 spiro atoms. The van der Waals surface area contributed by atoms with Gasteiger partial charge in [0.1, 0.15) is 12.5 Å². The summed E-state index contributed by atoms with van der Waals surface area (Å²) < 4.78 is 13.2. The lowest BCUT2D eigenvalue weighted by molar-refractivity contribution is -0.439. The van der Waals surface area contributed by atoms with Gasteiger partial charge in [-0.2, -0.15) is 0 Å². The van der Waals surface area contributed by atoms with Crippen LogP contribution in [0.1, 0.15) is 58.8 Å². The van der Waals surface area contributed by atoms with Gasteiger partial charge in [-0.1, -0.05) is 13.3 Å². The highest BCUT2D eigenvalue weighted by molar-refractivity contribution is 5.28. The largest absolute Gasteiger partial charge is 0.389 e. The number of hydrogen-bond acceptors (Lipinski definition) is 5. The standard InChI is InChI=1S/C22H33NO4/c1-19-5-3-6-21-13(19)11-15(27-18(21)23-8-9-26-17(19)23)22-7-4-12(10-14(21)22)20(2,25)16(22)24/h12-18,24-25H,3-11H2,1-2H3/t12-,13+,14-,15+,16-,17-,18?,19+,20+,21-,22+/m0/s1. The lowest BCUT2D eigenvalue weighted by Crippen LogP contribution is -2.85. The number of fused-ring (bicyclic) bond motifs is 4. The first-order chi connectivity index (χ1) is 12.9. The number of hydrogen-bond donors (Lipinski definition) is 2. The van der Waals surface area contributed by atoms with E-state index in [0.717, 1.165) is 38.8 Å². The molecule has 0 radical (unpaired) electrons. The average molecular weight is 376 g/mol. The van der Waals surface area contributed by atoms with Crippen LogP contribution in [-0.2, 0) is 9.47 Å². The van der Waals surface area contributed by atoms with Gasteiger partial charge < -0.3 is 19.7 Å². The van der Waals surface area contributed by atoms with Gasteiger partial charge in [-0.25, -0.2) is 4.90 Å². The Morgan fingerprint density at radius 3 is 2.70 bits per heavy atom. The van der Waals surface area contributed by atoms with E-state index < -0.39 is 11.7 Å². The van der Waals surface area contributed by atoms with Gasteiger partial charge >= 0.3 is 0 Å². The van der Waals surface area contributed by atoms with Crippen molar-refractivity contribution < 1.29 is 19.7 Å². The molecule has 150 valence electrons. The Morgan fingerprint density at radius 1 is 1.00 bits per heavy atom. The molecule has 4 aliphatic heterocycles. The predicted octanol–water partition coefficient (Wildman–Crippen LogP) is 2.11. The maximum Gasteiger partial charge on any atom is 0.119 e. The summed E-state index contributed by atoms with van der Waals surface area (Å²) in [6.45, 7) is 6.17. The van der Waals surface area contributed by atoms with Gasteiger partial charge in [0.15, 0.2) is 0 Å². The van der Waals surface area contributed by atoms with Gasteiger partial charge in [-0.3, -0.25) is 0 Å². The number of aliphatic hydroxyl groups is 2. The normalized spacial score (nSPS) is 68.7.